The molecule has 4 rings (SSSR count). The molecule has 4 aromatic rings. The lowest BCUT2D eigenvalue weighted by atomic mass is 10.1. The van der Waals surface area contributed by atoms with Crippen LogP contribution in [-0.2, 0) is 6.54 Å². The lowest BCUT2D eigenvalue weighted by Crippen LogP contribution is -2.20. The van der Waals surface area contributed by atoms with Gasteiger partial charge in [0.25, 0.3) is 0 Å². The predicted octanol–water partition coefficient (Wildman–Crippen LogP) is 3.37. The Labute approximate surface area is 173 Å². The molecule has 1 N–H and O–H groups in total. The van der Waals surface area contributed by atoms with Crippen molar-refractivity contribution in [2.45, 2.75) is 6.54 Å². The first kappa shape index (κ1) is 19.5. The zero-order valence-corrected chi connectivity index (χ0v) is 16.5. The molecule has 2 heterocycles. The third kappa shape index (κ3) is 4.79. The van der Waals surface area contributed by atoms with E-state index in [2.05, 4.69) is 25.4 Å². The number of aromatic nitrogens is 4. The van der Waals surface area contributed by atoms with E-state index in [1.807, 2.05) is 54.6 Å². The van der Waals surface area contributed by atoms with Gasteiger partial charge in [0.1, 0.15) is 12.9 Å². The standard InChI is InChI=1S/C22H21N5O3/c1-28-19-4-2-3-5-20(19)29-13-12-23-14-21-26-22(27-30-21)17-8-6-16(7-9-17)18-10-11-24-15-25-18/h2-11,15,23H,12-14H2,1H3. The largest absolute Gasteiger partial charge is 0.493 e. The zero-order valence-electron chi connectivity index (χ0n) is 16.5. The second-order valence-corrected chi connectivity index (χ2v) is 6.36. The fraction of sp³-hybridized carbons (Fsp3) is 0.182. The van der Waals surface area contributed by atoms with E-state index in [4.69, 9.17) is 14.0 Å². The van der Waals surface area contributed by atoms with Crippen LogP contribution in [-0.4, -0.2) is 40.4 Å². The normalized spacial score (nSPS) is 10.7. The first-order chi connectivity index (χ1) is 14.8. The number of ether oxygens (including phenoxy) is 2. The SMILES string of the molecule is COc1ccccc1OCCNCc1nc(-c2ccc(-c3ccncn3)cc2)no1. The minimum Gasteiger partial charge on any atom is -0.493 e. The highest BCUT2D eigenvalue weighted by atomic mass is 16.5. The van der Waals surface area contributed by atoms with Crippen LogP contribution in [0.5, 0.6) is 11.5 Å². The van der Waals surface area contributed by atoms with E-state index in [9.17, 15) is 0 Å². The van der Waals surface area contributed by atoms with Crippen LogP contribution in [0.4, 0.5) is 0 Å². The number of methoxy groups -OCH3 is 1. The van der Waals surface area contributed by atoms with Crippen LogP contribution < -0.4 is 14.8 Å². The molecule has 8 nitrogen and oxygen atoms in total. The summed E-state index contributed by atoms with van der Waals surface area (Å²) in [5.74, 6) is 2.49. The molecular weight excluding hydrogens is 382 g/mol. The Hall–Kier alpha value is -3.78. The maximum Gasteiger partial charge on any atom is 0.240 e. The Morgan fingerprint density at radius 3 is 2.53 bits per heavy atom. The molecule has 0 bridgehead atoms. The average Bonchev–Trinajstić information content (AvgIpc) is 3.29. The molecule has 152 valence electrons. The monoisotopic (exact) mass is 403 g/mol. The lowest BCUT2D eigenvalue weighted by molar-refractivity contribution is 0.287. The topological polar surface area (TPSA) is 95.2 Å². The number of hydrogen-bond acceptors (Lipinski definition) is 8. The summed E-state index contributed by atoms with van der Waals surface area (Å²) in [6, 6.07) is 17.3. The third-order valence-corrected chi connectivity index (χ3v) is 4.37. The number of para-hydroxylation sites is 2. The van der Waals surface area contributed by atoms with Crippen molar-refractivity contribution in [2.75, 3.05) is 20.3 Å². The second-order valence-electron chi connectivity index (χ2n) is 6.36. The molecular formula is C22H21N5O3. The maximum absolute atomic E-state index is 5.73. The van der Waals surface area contributed by atoms with E-state index in [-0.39, 0.29) is 0 Å². The molecule has 2 aromatic carbocycles. The molecule has 0 unspecified atom stereocenters. The van der Waals surface area contributed by atoms with E-state index in [1.165, 1.54) is 6.33 Å². The molecule has 0 aliphatic carbocycles. The van der Waals surface area contributed by atoms with E-state index >= 15 is 0 Å². The summed E-state index contributed by atoms with van der Waals surface area (Å²) < 4.78 is 16.3. The van der Waals surface area contributed by atoms with Crippen molar-refractivity contribution in [3.63, 3.8) is 0 Å². The molecule has 0 saturated heterocycles. The van der Waals surface area contributed by atoms with Gasteiger partial charge in [-0.25, -0.2) is 9.97 Å². The summed E-state index contributed by atoms with van der Waals surface area (Å²) in [4.78, 5) is 12.6. The molecule has 30 heavy (non-hydrogen) atoms. The summed E-state index contributed by atoms with van der Waals surface area (Å²) in [6.45, 7) is 1.58. The summed E-state index contributed by atoms with van der Waals surface area (Å²) in [6.07, 6.45) is 3.25. The lowest BCUT2D eigenvalue weighted by Gasteiger charge is -2.10. The molecule has 0 aliphatic rings. The molecule has 0 amide bonds. The van der Waals surface area contributed by atoms with Crippen molar-refractivity contribution >= 4 is 0 Å². The number of rotatable bonds is 9. The zero-order chi connectivity index (χ0) is 20.6. The highest BCUT2D eigenvalue weighted by Crippen LogP contribution is 2.25. The predicted molar refractivity (Wildman–Crippen MR) is 111 cm³/mol. The van der Waals surface area contributed by atoms with E-state index < -0.39 is 0 Å². The Balaban J connectivity index is 1.27. The van der Waals surface area contributed by atoms with E-state index in [0.29, 0.717) is 42.9 Å². The van der Waals surface area contributed by atoms with Crippen molar-refractivity contribution in [3.8, 4) is 34.1 Å². The van der Waals surface area contributed by atoms with Crippen LogP contribution in [0.15, 0.2) is 71.6 Å². The molecule has 0 saturated carbocycles. The number of nitrogens with one attached hydrogen (secondary N) is 1. The molecule has 0 fully saturated rings. The number of benzene rings is 2. The number of nitrogens with zero attached hydrogens (tertiary/aromatic N) is 4. The Bertz CT molecular complexity index is 1070. The van der Waals surface area contributed by atoms with Gasteiger partial charge >= 0.3 is 0 Å². The van der Waals surface area contributed by atoms with Crippen LogP contribution in [0.2, 0.25) is 0 Å². The van der Waals surface area contributed by atoms with Crippen molar-refractivity contribution in [1.82, 2.24) is 25.4 Å². The fourth-order valence-electron chi connectivity index (χ4n) is 2.86. The Morgan fingerprint density at radius 2 is 1.77 bits per heavy atom. The van der Waals surface area contributed by atoms with Crippen LogP contribution in [0.1, 0.15) is 5.89 Å². The molecule has 8 heteroatoms. The average molecular weight is 403 g/mol. The van der Waals surface area contributed by atoms with Gasteiger partial charge in [0.2, 0.25) is 11.7 Å². The summed E-state index contributed by atoms with van der Waals surface area (Å²) in [7, 11) is 1.62. The second kappa shape index (κ2) is 9.62. The first-order valence-electron chi connectivity index (χ1n) is 9.49. The quantitative estimate of drug-likeness (QED) is 0.425. The fourth-order valence-corrected chi connectivity index (χ4v) is 2.86. The van der Waals surface area contributed by atoms with Gasteiger partial charge in [-0.05, 0) is 18.2 Å². The molecule has 2 aromatic heterocycles. The van der Waals surface area contributed by atoms with Crippen molar-refractivity contribution in [3.05, 3.63) is 73.0 Å². The van der Waals surface area contributed by atoms with Gasteiger partial charge < -0.3 is 19.3 Å². The highest BCUT2D eigenvalue weighted by Gasteiger charge is 2.09. The Morgan fingerprint density at radius 1 is 0.967 bits per heavy atom. The highest BCUT2D eigenvalue weighted by molar-refractivity contribution is 5.64. The third-order valence-electron chi connectivity index (χ3n) is 4.37. The van der Waals surface area contributed by atoms with Gasteiger partial charge in [0.05, 0.1) is 19.3 Å². The first-order valence-corrected chi connectivity index (χ1v) is 9.49. The van der Waals surface area contributed by atoms with Gasteiger partial charge in [-0.1, -0.05) is 41.6 Å². The van der Waals surface area contributed by atoms with Crippen LogP contribution in [0.25, 0.3) is 22.6 Å². The number of hydrogen-bond donors (Lipinski definition) is 1. The molecule has 0 atom stereocenters. The molecule has 0 aliphatic heterocycles. The summed E-state index contributed by atoms with van der Waals surface area (Å²) in [5.41, 5.74) is 2.74. The van der Waals surface area contributed by atoms with Gasteiger partial charge in [0, 0.05) is 23.9 Å². The van der Waals surface area contributed by atoms with Crippen LogP contribution in [0, 0.1) is 0 Å². The van der Waals surface area contributed by atoms with Gasteiger partial charge in [-0.2, -0.15) is 4.98 Å². The van der Waals surface area contributed by atoms with Crippen molar-refractivity contribution in [1.29, 1.82) is 0 Å². The van der Waals surface area contributed by atoms with Crippen molar-refractivity contribution < 1.29 is 14.0 Å². The van der Waals surface area contributed by atoms with Gasteiger partial charge in [-0.3, -0.25) is 0 Å². The van der Waals surface area contributed by atoms with Crippen LogP contribution in [0.3, 0.4) is 0 Å². The molecule has 0 radical (unpaired) electrons. The van der Waals surface area contributed by atoms with E-state index in [1.54, 1.807) is 13.3 Å². The minimum atomic E-state index is 0.460. The summed E-state index contributed by atoms with van der Waals surface area (Å²) >= 11 is 0. The van der Waals surface area contributed by atoms with Crippen LogP contribution >= 0.6 is 0 Å². The molecule has 0 spiro atoms. The van der Waals surface area contributed by atoms with E-state index in [0.717, 1.165) is 16.8 Å². The smallest absolute Gasteiger partial charge is 0.240 e. The van der Waals surface area contributed by atoms with Gasteiger partial charge in [-0.15, -0.1) is 0 Å². The maximum atomic E-state index is 5.73. The Kier molecular flexibility index (Phi) is 6.26. The summed E-state index contributed by atoms with van der Waals surface area (Å²) in [5, 5.41) is 7.29. The van der Waals surface area contributed by atoms with Gasteiger partial charge in [0.15, 0.2) is 11.5 Å². The minimum absolute atomic E-state index is 0.460. The van der Waals surface area contributed by atoms with Crippen molar-refractivity contribution in [2.24, 2.45) is 0 Å².